The molecule has 0 radical (unpaired) electrons. The largest absolute Gasteiger partial charge is 0.339 e. The molecule has 1 aliphatic rings. The lowest BCUT2D eigenvalue weighted by atomic mass is 10.1. The van der Waals surface area contributed by atoms with E-state index >= 15 is 0 Å². The van der Waals surface area contributed by atoms with E-state index < -0.39 is 9.84 Å². The van der Waals surface area contributed by atoms with E-state index in [2.05, 4.69) is 25.9 Å². The van der Waals surface area contributed by atoms with Gasteiger partial charge in [-0.25, -0.2) is 8.42 Å². The molecule has 142 valence electrons. The lowest BCUT2D eigenvalue weighted by Crippen LogP contribution is -2.41. The number of hydrogen-bond acceptors (Lipinski definition) is 4. The van der Waals surface area contributed by atoms with E-state index in [0.717, 1.165) is 23.5 Å². The molecule has 1 fully saturated rings. The Labute approximate surface area is 151 Å². The van der Waals surface area contributed by atoms with Crippen molar-refractivity contribution in [3.05, 3.63) is 17.0 Å². The summed E-state index contributed by atoms with van der Waals surface area (Å²) in [5, 5.41) is 4.60. The van der Waals surface area contributed by atoms with Crippen LogP contribution in [0, 0.1) is 19.8 Å². The summed E-state index contributed by atoms with van der Waals surface area (Å²) in [7, 11) is -2.98. The van der Waals surface area contributed by atoms with E-state index in [1.165, 1.54) is 0 Å². The van der Waals surface area contributed by atoms with Crippen LogP contribution >= 0.6 is 0 Å². The summed E-state index contributed by atoms with van der Waals surface area (Å²) < 4.78 is 25.4. The maximum atomic E-state index is 12.7. The molecular weight excluding hydrogens is 338 g/mol. The smallest absolute Gasteiger partial charge is 0.223 e. The molecule has 0 saturated carbocycles. The number of rotatable bonds is 7. The summed E-state index contributed by atoms with van der Waals surface area (Å²) in [6, 6.07) is -0.159. The first-order valence-electron chi connectivity index (χ1n) is 9.17. The summed E-state index contributed by atoms with van der Waals surface area (Å²) in [6.07, 6.45) is 1.62. The molecule has 0 N–H and O–H groups in total. The first-order valence-corrected chi connectivity index (χ1v) is 11.0. The van der Waals surface area contributed by atoms with Gasteiger partial charge in [0, 0.05) is 31.2 Å². The van der Waals surface area contributed by atoms with Crippen LogP contribution in [-0.4, -0.2) is 53.1 Å². The molecule has 1 aromatic rings. The third-order valence-electron chi connectivity index (χ3n) is 4.97. The molecule has 0 aliphatic carbocycles. The molecule has 1 aromatic heterocycles. The van der Waals surface area contributed by atoms with Crippen LogP contribution in [0.3, 0.4) is 0 Å². The van der Waals surface area contributed by atoms with Crippen molar-refractivity contribution in [2.24, 2.45) is 5.92 Å². The summed E-state index contributed by atoms with van der Waals surface area (Å²) in [6.45, 7) is 11.7. The fraction of sp³-hybridized carbons (Fsp3) is 0.778. The third-order valence-corrected chi connectivity index (χ3v) is 6.72. The Morgan fingerprint density at radius 1 is 1.36 bits per heavy atom. The minimum atomic E-state index is -2.98. The topological polar surface area (TPSA) is 72.3 Å². The molecular formula is C18H31N3O3S. The van der Waals surface area contributed by atoms with Crippen LogP contribution in [0.1, 0.15) is 50.6 Å². The number of carbonyl (C=O) groups excluding carboxylic acids is 1. The van der Waals surface area contributed by atoms with Crippen molar-refractivity contribution in [1.82, 2.24) is 14.7 Å². The van der Waals surface area contributed by atoms with Gasteiger partial charge in [-0.2, -0.15) is 5.10 Å². The van der Waals surface area contributed by atoms with Gasteiger partial charge in [0.15, 0.2) is 9.84 Å². The molecule has 1 saturated heterocycles. The molecule has 1 amide bonds. The van der Waals surface area contributed by atoms with Gasteiger partial charge >= 0.3 is 0 Å². The van der Waals surface area contributed by atoms with Gasteiger partial charge < -0.3 is 4.90 Å². The Morgan fingerprint density at radius 3 is 2.56 bits per heavy atom. The molecule has 25 heavy (non-hydrogen) atoms. The van der Waals surface area contributed by atoms with Crippen molar-refractivity contribution >= 4 is 15.7 Å². The molecule has 2 heterocycles. The first kappa shape index (κ1) is 19.9. The monoisotopic (exact) mass is 369 g/mol. The molecule has 0 spiro atoms. The second-order valence-electron chi connectivity index (χ2n) is 7.46. The number of aryl methyl sites for hydroxylation is 1. The van der Waals surface area contributed by atoms with Crippen LogP contribution in [-0.2, 0) is 27.6 Å². The fourth-order valence-electron chi connectivity index (χ4n) is 3.65. The van der Waals surface area contributed by atoms with E-state index in [4.69, 9.17) is 0 Å². The second kappa shape index (κ2) is 7.89. The van der Waals surface area contributed by atoms with Gasteiger partial charge in [0.25, 0.3) is 0 Å². The lowest BCUT2D eigenvalue weighted by molar-refractivity contribution is -0.132. The van der Waals surface area contributed by atoms with Crippen LogP contribution in [0.4, 0.5) is 0 Å². The second-order valence-corrected chi connectivity index (χ2v) is 9.69. The van der Waals surface area contributed by atoms with Crippen molar-refractivity contribution in [1.29, 1.82) is 0 Å². The average Bonchev–Trinajstić information content (AvgIpc) is 2.98. The predicted octanol–water partition coefficient (Wildman–Crippen LogP) is 2.12. The molecule has 6 nitrogen and oxygen atoms in total. The molecule has 1 unspecified atom stereocenters. The quantitative estimate of drug-likeness (QED) is 0.738. The molecule has 1 aliphatic heterocycles. The highest BCUT2D eigenvalue weighted by Crippen LogP contribution is 2.21. The number of aromatic nitrogens is 2. The van der Waals surface area contributed by atoms with Crippen molar-refractivity contribution in [3.63, 3.8) is 0 Å². The highest BCUT2D eigenvalue weighted by Gasteiger charge is 2.33. The Morgan fingerprint density at radius 2 is 2.04 bits per heavy atom. The summed E-state index contributed by atoms with van der Waals surface area (Å²) in [4.78, 5) is 14.4. The van der Waals surface area contributed by atoms with Crippen LogP contribution in [0.25, 0.3) is 0 Å². The Bertz CT molecular complexity index is 722. The van der Waals surface area contributed by atoms with Gasteiger partial charge in [0.2, 0.25) is 5.91 Å². The zero-order chi connectivity index (χ0) is 18.8. The zero-order valence-corrected chi connectivity index (χ0v) is 16.9. The fourth-order valence-corrected chi connectivity index (χ4v) is 5.39. The molecule has 0 aromatic carbocycles. The van der Waals surface area contributed by atoms with E-state index in [-0.39, 0.29) is 23.5 Å². The number of nitrogens with zero attached hydrogens (tertiary/aromatic N) is 3. The molecule has 2 rings (SSSR count). The molecule has 7 heteroatoms. The van der Waals surface area contributed by atoms with Gasteiger partial charge in [-0.3, -0.25) is 9.48 Å². The van der Waals surface area contributed by atoms with E-state index in [1.807, 2.05) is 18.5 Å². The maximum absolute atomic E-state index is 12.7. The minimum absolute atomic E-state index is 0.0417. The zero-order valence-electron chi connectivity index (χ0n) is 16.1. The SMILES string of the molecule is CCN(C(=O)CCc1c(C)nn(CC(C)C)c1C)C1CCS(=O)(=O)C1. The van der Waals surface area contributed by atoms with Crippen molar-refractivity contribution in [2.45, 2.75) is 66.5 Å². The number of carbonyl (C=O) groups is 1. The Balaban J connectivity index is 2.03. The minimum Gasteiger partial charge on any atom is -0.339 e. The highest BCUT2D eigenvalue weighted by molar-refractivity contribution is 7.91. The van der Waals surface area contributed by atoms with Gasteiger partial charge in [0.1, 0.15) is 0 Å². The Kier molecular flexibility index (Phi) is 6.30. The lowest BCUT2D eigenvalue weighted by Gasteiger charge is -2.27. The van der Waals surface area contributed by atoms with E-state index in [1.54, 1.807) is 4.90 Å². The summed E-state index contributed by atoms with van der Waals surface area (Å²) in [5.74, 6) is 0.867. The Hall–Kier alpha value is -1.37. The van der Waals surface area contributed by atoms with E-state index in [9.17, 15) is 13.2 Å². The third kappa shape index (κ3) is 4.84. The average molecular weight is 370 g/mol. The van der Waals surface area contributed by atoms with Gasteiger partial charge in [-0.1, -0.05) is 13.8 Å². The molecule has 1 atom stereocenters. The summed E-state index contributed by atoms with van der Waals surface area (Å²) >= 11 is 0. The first-order chi connectivity index (χ1) is 11.6. The van der Waals surface area contributed by atoms with Gasteiger partial charge in [-0.05, 0) is 45.1 Å². The maximum Gasteiger partial charge on any atom is 0.223 e. The van der Waals surface area contributed by atoms with Crippen LogP contribution < -0.4 is 0 Å². The van der Waals surface area contributed by atoms with Crippen molar-refractivity contribution in [3.8, 4) is 0 Å². The standard InChI is InChI=1S/C18H31N3O3S/c1-6-20(16-9-10-25(23,24)12-16)18(22)8-7-17-14(4)19-21(15(17)5)11-13(2)3/h13,16H,6-12H2,1-5H3. The predicted molar refractivity (Wildman–Crippen MR) is 99.3 cm³/mol. The van der Waals surface area contributed by atoms with Gasteiger partial charge in [0.05, 0.1) is 17.2 Å². The van der Waals surface area contributed by atoms with E-state index in [0.29, 0.717) is 31.7 Å². The number of amides is 1. The molecule has 0 bridgehead atoms. The van der Waals surface area contributed by atoms with Crippen molar-refractivity contribution < 1.29 is 13.2 Å². The van der Waals surface area contributed by atoms with Crippen LogP contribution in [0.5, 0.6) is 0 Å². The van der Waals surface area contributed by atoms with Crippen LogP contribution in [0.2, 0.25) is 0 Å². The number of hydrogen-bond donors (Lipinski definition) is 0. The van der Waals surface area contributed by atoms with Crippen molar-refractivity contribution in [2.75, 3.05) is 18.1 Å². The normalized spacial score (nSPS) is 19.5. The van der Waals surface area contributed by atoms with Gasteiger partial charge in [-0.15, -0.1) is 0 Å². The highest BCUT2D eigenvalue weighted by atomic mass is 32.2. The van der Waals surface area contributed by atoms with Crippen LogP contribution in [0.15, 0.2) is 0 Å². The number of sulfone groups is 1. The summed E-state index contributed by atoms with van der Waals surface area (Å²) in [5.41, 5.74) is 3.26.